The van der Waals surface area contributed by atoms with Gasteiger partial charge in [-0.15, -0.1) is 0 Å². The molecule has 3 N–H and O–H groups in total. The predicted molar refractivity (Wildman–Crippen MR) is 106 cm³/mol. The second-order valence-corrected chi connectivity index (χ2v) is 6.71. The van der Waals surface area contributed by atoms with Gasteiger partial charge in [0.25, 0.3) is 5.56 Å². The fraction of sp³-hybridized carbons (Fsp3) is 0.286. The molecule has 1 heterocycles. The van der Waals surface area contributed by atoms with Gasteiger partial charge in [-0.1, -0.05) is 36.4 Å². The van der Waals surface area contributed by atoms with Crippen molar-refractivity contribution in [2.24, 2.45) is 5.73 Å². The summed E-state index contributed by atoms with van der Waals surface area (Å²) in [6.45, 7) is 1.44. The molecular weight excluding hydrogens is 326 g/mol. The number of nitrogens with two attached hydrogens (primary N) is 1. The number of pyridine rings is 1. The third kappa shape index (κ3) is 3.42. The molecule has 1 aromatic heterocycles. The van der Waals surface area contributed by atoms with Gasteiger partial charge in [0, 0.05) is 36.3 Å². The van der Waals surface area contributed by atoms with E-state index in [0.29, 0.717) is 25.0 Å². The van der Waals surface area contributed by atoms with Crippen molar-refractivity contribution in [1.82, 2.24) is 9.47 Å². The van der Waals surface area contributed by atoms with Crippen LogP contribution in [0.4, 0.5) is 0 Å². The van der Waals surface area contributed by atoms with Crippen molar-refractivity contribution in [3.05, 3.63) is 70.1 Å². The lowest BCUT2D eigenvalue weighted by Gasteiger charge is -2.22. The minimum atomic E-state index is -0.0565. The predicted octanol–water partition coefficient (Wildman–Crippen LogP) is 2.18. The Bertz CT molecular complexity index is 962. The molecular formula is C21H25N3O2. The number of fused-ring (bicyclic) bond motifs is 1. The van der Waals surface area contributed by atoms with E-state index in [1.807, 2.05) is 44.4 Å². The molecule has 3 rings (SSSR count). The van der Waals surface area contributed by atoms with Gasteiger partial charge in [-0.2, -0.15) is 0 Å². The number of aromatic nitrogens is 1. The Morgan fingerprint density at radius 1 is 1.08 bits per heavy atom. The quantitative estimate of drug-likeness (QED) is 0.714. The normalized spacial score (nSPS) is 11.4. The highest BCUT2D eigenvalue weighted by molar-refractivity contribution is 5.97. The highest BCUT2D eigenvalue weighted by Gasteiger charge is 2.18. The topological polar surface area (TPSA) is 71.5 Å². The van der Waals surface area contributed by atoms with Crippen molar-refractivity contribution in [3.63, 3.8) is 0 Å². The monoisotopic (exact) mass is 351 g/mol. The molecule has 0 saturated heterocycles. The summed E-state index contributed by atoms with van der Waals surface area (Å²) in [5, 5.41) is 11.1. The Kier molecular flexibility index (Phi) is 5.52. The van der Waals surface area contributed by atoms with Gasteiger partial charge in [0.1, 0.15) is 0 Å². The Morgan fingerprint density at radius 3 is 2.42 bits per heavy atom. The molecule has 5 heteroatoms. The zero-order valence-corrected chi connectivity index (χ0v) is 15.3. The molecule has 136 valence electrons. The second-order valence-electron chi connectivity index (χ2n) is 6.71. The van der Waals surface area contributed by atoms with Crippen molar-refractivity contribution in [3.8, 4) is 11.1 Å². The molecule has 0 aliphatic heterocycles. The average molecular weight is 351 g/mol. The minimum Gasteiger partial charge on any atom is -0.392 e. The van der Waals surface area contributed by atoms with Crippen LogP contribution in [0.3, 0.4) is 0 Å². The molecule has 0 amide bonds. The van der Waals surface area contributed by atoms with Crippen LogP contribution in [0.25, 0.3) is 21.9 Å². The molecule has 0 saturated carbocycles. The standard InChI is InChI=1S/C21H25N3O2/c1-23(2)13-19-20(16-6-4-3-5-7-16)18-12-15(14-25)8-9-17(18)21(26)24(19)11-10-22/h3-9,12,25H,10-11,13-14,22H2,1-2H3. The van der Waals surface area contributed by atoms with Crippen LogP contribution in [0.15, 0.2) is 53.3 Å². The number of hydrogen-bond donors (Lipinski definition) is 2. The van der Waals surface area contributed by atoms with Crippen molar-refractivity contribution in [2.75, 3.05) is 20.6 Å². The molecule has 0 aliphatic carbocycles. The van der Waals surface area contributed by atoms with Crippen molar-refractivity contribution in [2.45, 2.75) is 19.7 Å². The van der Waals surface area contributed by atoms with Gasteiger partial charge in [0.15, 0.2) is 0 Å². The fourth-order valence-electron chi connectivity index (χ4n) is 3.40. The number of nitrogens with zero attached hydrogens (tertiary/aromatic N) is 2. The first-order valence-corrected chi connectivity index (χ1v) is 8.76. The molecule has 2 aromatic carbocycles. The van der Waals surface area contributed by atoms with Crippen LogP contribution in [0.5, 0.6) is 0 Å². The van der Waals surface area contributed by atoms with E-state index in [2.05, 4.69) is 17.0 Å². The molecule has 0 bridgehead atoms. The van der Waals surface area contributed by atoms with Gasteiger partial charge in [0.05, 0.1) is 6.61 Å². The first-order chi connectivity index (χ1) is 12.6. The number of hydrogen-bond acceptors (Lipinski definition) is 4. The molecule has 5 nitrogen and oxygen atoms in total. The summed E-state index contributed by atoms with van der Waals surface area (Å²) in [7, 11) is 3.97. The van der Waals surface area contributed by atoms with Crippen LogP contribution in [-0.2, 0) is 19.7 Å². The van der Waals surface area contributed by atoms with Crippen LogP contribution < -0.4 is 11.3 Å². The smallest absolute Gasteiger partial charge is 0.258 e. The van der Waals surface area contributed by atoms with E-state index < -0.39 is 0 Å². The first-order valence-electron chi connectivity index (χ1n) is 8.76. The average Bonchev–Trinajstić information content (AvgIpc) is 2.65. The summed E-state index contributed by atoms with van der Waals surface area (Å²) < 4.78 is 1.79. The number of aliphatic hydroxyl groups is 1. The van der Waals surface area contributed by atoms with E-state index >= 15 is 0 Å². The van der Waals surface area contributed by atoms with Crippen LogP contribution in [0.1, 0.15) is 11.3 Å². The van der Waals surface area contributed by atoms with Crippen molar-refractivity contribution < 1.29 is 5.11 Å². The zero-order valence-electron chi connectivity index (χ0n) is 15.3. The van der Waals surface area contributed by atoms with E-state index in [-0.39, 0.29) is 12.2 Å². The van der Waals surface area contributed by atoms with Crippen LogP contribution >= 0.6 is 0 Å². The summed E-state index contributed by atoms with van der Waals surface area (Å²) in [5.74, 6) is 0. The van der Waals surface area contributed by atoms with Gasteiger partial charge < -0.3 is 20.3 Å². The Hall–Kier alpha value is -2.47. The molecule has 0 aliphatic rings. The Labute approximate surface area is 153 Å². The molecule has 0 unspecified atom stereocenters. The molecule has 0 atom stereocenters. The molecule has 0 spiro atoms. The molecule has 0 fully saturated rings. The third-order valence-electron chi connectivity index (χ3n) is 4.51. The van der Waals surface area contributed by atoms with Crippen molar-refractivity contribution in [1.29, 1.82) is 0 Å². The minimum absolute atomic E-state index is 0.0357. The van der Waals surface area contributed by atoms with Crippen LogP contribution in [0, 0.1) is 0 Å². The molecule has 0 radical (unpaired) electrons. The maximum absolute atomic E-state index is 13.1. The van der Waals surface area contributed by atoms with Gasteiger partial charge in [-0.3, -0.25) is 4.79 Å². The fourth-order valence-corrected chi connectivity index (χ4v) is 3.40. The van der Waals surface area contributed by atoms with Crippen LogP contribution in [-0.4, -0.2) is 35.2 Å². The summed E-state index contributed by atoms with van der Waals surface area (Å²) in [6.07, 6.45) is 0. The summed E-state index contributed by atoms with van der Waals surface area (Å²) in [5.41, 5.74) is 9.58. The van der Waals surface area contributed by atoms with E-state index in [1.54, 1.807) is 10.6 Å². The van der Waals surface area contributed by atoms with E-state index in [1.165, 1.54) is 0 Å². The molecule has 3 aromatic rings. The number of aliphatic hydroxyl groups excluding tert-OH is 1. The lowest BCUT2D eigenvalue weighted by atomic mass is 9.95. The van der Waals surface area contributed by atoms with Gasteiger partial charge >= 0.3 is 0 Å². The van der Waals surface area contributed by atoms with E-state index in [4.69, 9.17) is 5.73 Å². The number of rotatable bonds is 6. The van der Waals surface area contributed by atoms with Crippen molar-refractivity contribution >= 4 is 10.8 Å². The third-order valence-corrected chi connectivity index (χ3v) is 4.51. The summed E-state index contributed by atoms with van der Waals surface area (Å²) in [6, 6.07) is 15.6. The van der Waals surface area contributed by atoms with E-state index in [0.717, 1.165) is 27.8 Å². The van der Waals surface area contributed by atoms with E-state index in [9.17, 15) is 9.90 Å². The zero-order chi connectivity index (χ0) is 18.7. The Morgan fingerprint density at radius 2 is 1.81 bits per heavy atom. The summed E-state index contributed by atoms with van der Waals surface area (Å²) in [4.78, 5) is 15.2. The highest BCUT2D eigenvalue weighted by atomic mass is 16.3. The van der Waals surface area contributed by atoms with Crippen LogP contribution in [0.2, 0.25) is 0 Å². The summed E-state index contributed by atoms with van der Waals surface area (Å²) >= 11 is 0. The number of benzene rings is 2. The Balaban J connectivity index is 2.47. The SMILES string of the molecule is CN(C)Cc1c(-c2ccccc2)c2cc(CO)ccc2c(=O)n1CCN. The largest absolute Gasteiger partial charge is 0.392 e. The lowest BCUT2D eigenvalue weighted by Crippen LogP contribution is -2.30. The second kappa shape index (κ2) is 7.83. The maximum atomic E-state index is 13.1. The molecule has 26 heavy (non-hydrogen) atoms. The van der Waals surface area contributed by atoms with Gasteiger partial charge in [0.2, 0.25) is 0 Å². The maximum Gasteiger partial charge on any atom is 0.258 e. The lowest BCUT2D eigenvalue weighted by molar-refractivity contribution is 0.282. The first kappa shape index (κ1) is 18.3. The van der Waals surface area contributed by atoms with Gasteiger partial charge in [-0.05, 0) is 42.7 Å². The van der Waals surface area contributed by atoms with Gasteiger partial charge in [-0.25, -0.2) is 0 Å². The highest BCUT2D eigenvalue weighted by Crippen LogP contribution is 2.32.